The molecule has 27 heavy (non-hydrogen) atoms. The maximum absolute atomic E-state index is 12.0. The quantitative estimate of drug-likeness (QED) is 0.438. The Hall–Kier alpha value is -2.47. The zero-order chi connectivity index (χ0) is 20.1. The lowest BCUT2D eigenvalue weighted by molar-refractivity contribution is -0.143. The smallest absolute Gasteiger partial charge is 0.426 e. The van der Waals surface area contributed by atoms with Gasteiger partial charge >= 0.3 is 19.3 Å². The monoisotopic (exact) mass is 392 g/mol. The van der Waals surface area contributed by atoms with E-state index in [1.165, 1.54) is 24.3 Å². The van der Waals surface area contributed by atoms with E-state index in [-0.39, 0.29) is 18.3 Å². The van der Waals surface area contributed by atoms with Crippen molar-refractivity contribution < 1.29 is 33.0 Å². The average molecular weight is 392 g/mol. The van der Waals surface area contributed by atoms with E-state index < -0.39 is 18.7 Å². The third kappa shape index (κ3) is 6.32. The molecule has 0 saturated carbocycles. The van der Waals surface area contributed by atoms with E-state index in [9.17, 15) is 19.0 Å². The first-order chi connectivity index (χ1) is 12.6. The van der Waals surface area contributed by atoms with Gasteiger partial charge in [0.25, 0.3) is 0 Å². The number of ether oxygens (including phenoxy) is 2. The zero-order valence-electron chi connectivity index (χ0n) is 15.2. The molecule has 0 aliphatic carbocycles. The van der Waals surface area contributed by atoms with Crippen LogP contribution >= 0.6 is 7.60 Å². The van der Waals surface area contributed by atoms with E-state index in [0.29, 0.717) is 11.3 Å². The molecule has 0 bridgehead atoms. The van der Waals surface area contributed by atoms with Gasteiger partial charge in [0.1, 0.15) is 11.5 Å². The van der Waals surface area contributed by atoms with Crippen LogP contribution in [0.5, 0.6) is 11.5 Å². The van der Waals surface area contributed by atoms with Crippen LogP contribution < -0.4 is 9.47 Å². The maximum atomic E-state index is 12.0. The average Bonchev–Trinajstić information content (AvgIpc) is 2.61. The molecular formula is C19H21O7P. The molecule has 2 aromatic rings. The summed E-state index contributed by atoms with van der Waals surface area (Å²) < 4.78 is 26.9. The predicted molar refractivity (Wildman–Crippen MR) is 98.6 cm³/mol. The van der Waals surface area contributed by atoms with Gasteiger partial charge in [0.2, 0.25) is 0 Å². The van der Waals surface area contributed by atoms with E-state index >= 15 is 0 Å². The van der Waals surface area contributed by atoms with Gasteiger partial charge in [-0.1, -0.05) is 30.3 Å². The van der Waals surface area contributed by atoms with Crippen LogP contribution in [0.4, 0.5) is 4.79 Å². The first-order valence-electron chi connectivity index (χ1n) is 8.14. The number of para-hydroxylation sites is 1. The van der Waals surface area contributed by atoms with Crippen LogP contribution in [0.3, 0.4) is 0 Å². The molecule has 0 aliphatic rings. The summed E-state index contributed by atoms with van der Waals surface area (Å²) in [6, 6.07) is 14.1. The maximum Gasteiger partial charge on any atom is 0.436 e. The van der Waals surface area contributed by atoms with Crippen molar-refractivity contribution in [3.8, 4) is 11.5 Å². The Morgan fingerprint density at radius 3 is 2.04 bits per heavy atom. The lowest BCUT2D eigenvalue weighted by atomic mass is 9.97. The van der Waals surface area contributed by atoms with Gasteiger partial charge in [-0.2, -0.15) is 0 Å². The third-order valence-electron chi connectivity index (χ3n) is 3.33. The lowest BCUT2D eigenvalue weighted by Crippen LogP contribution is -2.25. The van der Waals surface area contributed by atoms with Crippen molar-refractivity contribution >= 4 is 19.3 Å². The topological polar surface area (TPSA) is 99.1 Å². The number of hydrogen-bond acceptors (Lipinski definition) is 6. The Morgan fingerprint density at radius 2 is 1.48 bits per heavy atom. The van der Waals surface area contributed by atoms with Gasteiger partial charge in [0.15, 0.2) is 0 Å². The number of benzene rings is 2. The summed E-state index contributed by atoms with van der Waals surface area (Å²) in [7, 11) is -4.62. The highest BCUT2D eigenvalue weighted by molar-refractivity contribution is 7.70. The van der Waals surface area contributed by atoms with Crippen LogP contribution in [0.1, 0.15) is 26.3 Å². The van der Waals surface area contributed by atoms with Crippen LogP contribution in [0.2, 0.25) is 0 Å². The van der Waals surface area contributed by atoms with Gasteiger partial charge < -0.3 is 14.4 Å². The molecule has 0 aliphatic heterocycles. The highest BCUT2D eigenvalue weighted by Gasteiger charge is 2.33. The SMILES string of the molecule is CC(C)(C)C(=O)Oc1ccc(COP(=O)(O)C(=O)Oc2ccccc2)cc1. The predicted octanol–water partition coefficient (Wildman–Crippen LogP) is 4.54. The van der Waals surface area contributed by atoms with Gasteiger partial charge in [-0.05, 0) is 50.6 Å². The van der Waals surface area contributed by atoms with Gasteiger partial charge in [-0.25, -0.2) is 9.36 Å². The van der Waals surface area contributed by atoms with Crippen molar-refractivity contribution in [2.45, 2.75) is 27.4 Å². The second kappa shape index (κ2) is 8.48. The van der Waals surface area contributed by atoms with E-state index in [1.54, 1.807) is 51.1 Å². The standard InChI is InChI=1S/C19H21O7P/c1-19(2,3)17(20)25-16-11-9-14(10-12-16)13-24-27(22,23)18(21)26-15-7-5-4-6-8-15/h4-12H,13H2,1-3H3,(H,22,23). The van der Waals surface area contributed by atoms with E-state index in [1.807, 2.05) is 0 Å². The minimum Gasteiger partial charge on any atom is -0.426 e. The zero-order valence-corrected chi connectivity index (χ0v) is 16.1. The van der Waals surface area contributed by atoms with Crippen molar-refractivity contribution in [2.75, 3.05) is 0 Å². The highest BCUT2D eigenvalue weighted by Crippen LogP contribution is 2.45. The van der Waals surface area contributed by atoms with Gasteiger partial charge in [0, 0.05) is 0 Å². The van der Waals surface area contributed by atoms with E-state index in [4.69, 9.17) is 14.0 Å². The molecule has 1 N–H and O–H groups in total. The summed E-state index contributed by atoms with van der Waals surface area (Å²) in [6.07, 6.45) is 0. The van der Waals surface area contributed by atoms with Gasteiger partial charge in [0.05, 0.1) is 12.0 Å². The summed E-state index contributed by atoms with van der Waals surface area (Å²) in [6.45, 7) is 4.94. The molecule has 1 unspecified atom stereocenters. The van der Waals surface area contributed by atoms with Crippen molar-refractivity contribution in [1.29, 1.82) is 0 Å². The van der Waals surface area contributed by atoms with Crippen LogP contribution in [-0.2, 0) is 20.5 Å². The summed E-state index contributed by atoms with van der Waals surface area (Å²) in [5.41, 5.74) is -1.47. The van der Waals surface area contributed by atoms with Crippen LogP contribution in [-0.4, -0.2) is 16.6 Å². The Kier molecular flexibility index (Phi) is 6.54. The third-order valence-corrected chi connectivity index (χ3v) is 4.36. The molecule has 0 aromatic heterocycles. The van der Waals surface area contributed by atoms with Crippen LogP contribution in [0.25, 0.3) is 0 Å². The molecule has 1 atom stereocenters. The molecule has 0 amide bonds. The first-order valence-corrected chi connectivity index (χ1v) is 9.72. The fourth-order valence-corrected chi connectivity index (χ4v) is 2.43. The Labute approximate surface area is 157 Å². The van der Waals surface area contributed by atoms with Gasteiger partial charge in [-0.3, -0.25) is 9.32 Å². The van der Waals surface area contributed by atoms with Crippen molar-refractivity contribution in [3.63, 3.8) is 0 Å². The minimum atomic E-state index is -4.62. The molecular weight excluding hydrogens is 371 g/mol. The van der Waals surface area contributed by atoms with Crippen molar-refractivity contribution in [1.82, 2.24) is 0 Å². The number of rotatable bonds is 6. The number of carbonyl (C=O) groups excluding carboxylic acids is 2. The van der Waals surface area contributed by atoms with Crippen molar-refractivity contribution in [2.24, 2.45) is 5.41 Å². The largest absolute Gasteiger partial charge is 0.436 e. The second-order valence-electron chi connectivity index (χ2n) is 6.76. The number of carbonyl (C=O) groups is 2. The molecule has 0 spiro atoms. The van der Waals surface area contributed by atoms with Crippen LogP contribution in [0, 0.1) is 5.41 Å². The summed E-state index contributed by atoms with van der Waals surface area (Å²) in [5, 5.41) is 0. The molecule has 0 radical (unpaired) electrons. The Balaban J connectivity index is 1.92. The summed E-state index contributed by atoms with van der Waals surface area (Å²) in [4.78, 5) is 33.4. The fraction of sp³-hybridized carbons (Fsp3) is 0.263. The van der Waals surface area contributed by atoms with Gasteiger partial charge in [-0.15, -0.1) is 0 Å². The molecule has 2 rings (SSSR count). The molecule has 2 aromatic carbocycles. The molecule has 0 heterocycles. The molecule has 8 heteroatoms. The number of hydrogen-bond donors (Lipinski definition) is 1. The van der Waals surface area contributed by atoms with E-state index in [0.717, 1.165) is 0 Å². The fourth-order valence-electron chi connectivity index (χ4n) is 1.78. The minimum absolute atomic E-state index is 0.144. The summed E-state index contributed by atoms with van der Waals surface area (Å²) in [5.74, 6) is 0.106. The second-order valence-corrected chi connectivity index (χ2v) is 8.42. The molecule has 144 valence electrons. The lowest BCUT2D eigenvalue weighted by Gasteiger charge is -2.16. The number of esters is 1. The first kappa shape index (κ1) is 20.8. The normalized spacial score (nSPS) is 13.5. The van der Waals surface area contributed by atoms with Crippen molar-refractivity contribution in [3.05, 3.63) is 60.2 Å². The highest BCUT2D eigenvalue weighted by atomic mass is 31.2. The van der Waals surface area contributed by atoms with Crippen LogP contribution in [0.15, 0.2) is 54.6 Å². The molecule has 0 fully saturated rings. The van der Waals surface area contributed by atoms with E-state index in [2.05, 4.69) is 0 Å². The Bertz CT molecular complexity index is 839. The molecule has 7 nitrogen and oxygen atoms in total. The molecule has 0 saturated heterocycles. The summed E-state index contributed by atoms with van der Waals surface area (Å²) >= 11 is 0. The Morgan fingerprint density at radius 1 is 0.926 bits per heavy atom.